The van der Waals surface area contributed by atoms with Gasteiger partial charge in [0, 0.05) is 23.2 Å². The first-order chi connectivity index (χ1) is 15.0. The number of hydrogen-bond donors (Lipinski definition) is 3. The number of fused-ring (bicyclic) bond motifs is 7. The first-order valence-electron chi connectivity index (χ1n) is 11.5. The van der Waals surface area contributed by atoms with Crippen molar-refractivity contribution in [3.05, 3.63) is 23.8 Å². The van der Waals surface area contributed by atoms with Crippen molar-refractivity contribution in [1.82, 2.24) is 0 Å². The zero-order valence-electron chi connectivity index (χ0n) is 18.6. The third-order valence-corrected chi connectivity index (χ3v) is 9.98. The Hall–Kier alpha value is -0.800. The summed E-state index contributed by atoms with van der Waals surface area (Å²) in [5.41, 5.74) is -6.52. The molecule has 0 aromatic heterocycles. The van der Waals surface area contributed by atoms with Crippen molar-refractivity contribution in [3.63, 3.8) is 0 Å². The topological polar surface area (TPSA) is 76.0 Å². The molecule has 8 heteroatoms. The Morgan fingerprint density at radius 2 is 2.03 bits per heavy atom. The molecule has 5 aliphatic rings. The average Bonchev–Trinajstić information content (AvgIpc) is 3.19. The zero-order chi connectivity index (χ0) is 23.3. The predicted octanol–water partition coefficient (Wildman–Crippen LogP) is 3.44. The molecule has 32 heavy (non-hydrogen) atoms. The normalized spacial score (nSPS) is 55.8. The summed E-state index contributed by atoms with van der Waals surface area (Å²) >= 11 is 4.36. The zero-order valence-corrected chi connectivity index (χ0v) is 19.5. The Labute approximate surface area is 192 Å². The molecule has 1 saturated heterocycles. The van der Waals surface area contributed by atoms with E-state index in [1.165, 1.54) is 6.08 Å². The monoisotopic (exact) mass is 470 g/mol. The highest BCUT2D eigenvalue weighted by atomic mass is 32.1. The number of hydrogen-bond acceptors (Lipinski definition) is 6. The van der Waals surface area contributed by atoms with Crippen molar-refractivity contribution >= 4 is 18.4 Å². The summed E-state index contributed by atoms with van der Waals surface area (Å²) in [7, 11) is 0. The van der Waals surface area contributed by atoms with E-state index in [-0.39, 0.29) is 43.0 Å². The van der Waals surface area contributed by atoms with E-state index in [1.54, 1.807) is 19.1 Å². The first-order valence-corrected chi connectivity index (χ1v) is 12.1. The molecule has 1 aliphatic heterocycles. The lowest BCUT2D eigenvalue weighted by molar-refractivity contribution is -0.248. The van der Waals surface area contributed by atoms with Crippen LogP contribution in [0.1, 0.15) is 52.9 Å². The van der Waals surface area contributed by atoms with Crippen molar-refractivity contribution in [3.8, 4) is 0 Å². The molecule has 5 rings (SSSR count). The van der Waals surface area contributed by atoms with Crippen molar-refractivity contribution in [2.75, 3.05) is 0 Å². The molecule has 4 aliphatic carbocycles. The average molecular weight is 471 g/mol. The lowest BCUT2D eigenvalue weighted by Crippen LogP contribution is -2.71. The van der Waals surface area contributed by atoms with Crippen LogP contribution in [0.2, 0.25) is 0 Å². The number of aliphatic hydroxyl groups excluding tert-OH is 2. The van der Waals surface area contributed by atoms with Crippen LogP contribution in [-0.2, 0) is 14.3 Å². The highest BCUT2D eigenvalue weighted by Gasteiger charge is 2.79. The molecule has 0 amide bonds. The maximum absolute atomic E-state index is 17.2. The Morgan fingerprint density at radius 3 is 2.69 bits per heavy atom. The number of alkyl halides is 2. The number of aliphatic hydroxyl groups is 2. The van der Waals surface area contributed by atoms with Crippen LogP contribution in [0.4, 0.5) is 8.78 Å². The van der Waals surface area contributed by atoms with Gasteiger partial charge in [0.15, 0.2) is 12.1 Å². The number of allylic oxidation sites excluding steroid dienone is 2. The lowest BCUT2D eigenvalue weighted by Gasteiger charge is -2.64. The maximum atomic E-state index is 17.2. The van der Waals surface area contributed by atoms with Crippen LogP contribution in [0.3, 0.4) is 0 Å². The van der Waals surface area contributed by atoms with E-state index < -0.39 is 58.1 Å². The summed E-state index contributed by atoms with van der Waals surface area (Å²) in [6.07, 6.45) is 1.30. The van der Waals surface area contributed by atoms with Crippen LogP contribution in [0.25, 0.3) is 0 Å². The van der Waals surface area contributed by atoms with E-state index in [9.17, 15) is 15.0 Å². The van der Waals surface area contributed by atoms with E-state index in [0.717, 1.165) is 0 Å². The Balaban J connectivity index is 1.61. The maximum Gasteiger partial charge on any atom is 0.178 e. The second-order valence-corrected chi connectivity index (χ2v) is 11.2. The number of halogens is 2. The van der Waals surface area contributed by atoms with Crippen LogP contribution in [0.15, 0.2) is 23.8 Å². The van der Waals surface area contributed by atoms with E-state index in [2.05, 4.69) is 12.6 Å². The lowest BCUT2D eigenvalue weighted by atomic mass is 9.43. The fraction of sp³-hybridized carbons (Fsp3) is 0.792. The van der Waals surface area contributed by atoms with Crippen LogP contribution in [0.5, 0.6) is 0 Å². The minimum atomic E-state index is -2.09. The molecule has 5 nitrogen and oxygen atoms in total. The van der Waals surface area contributed by atoms with Gasteiger partial charge in [-0.15, -0.1) is 12.6 Å². The second kappa shape index (κ2) is 7.11. The van der Waals surface area contributed by atoms with Crippen LogP contribution in [0, 0.1) is 22.7 Å². The fourth-order valence-corrected chi connectivity index (χ4v) is 8.60. The highest BCUT2D eigenvalue weighted by Crippen LogP contribution is 2.73. The van der Waals surface area contributed by atoms with E-state index in [0.29, 0.717) is 6.42 Å². The van der Waals surface area contributed by atoms with Gasteiger partial charge in [0.25, 0.3) is 0 Å². The Bertz CT molecular complexity index is 894. The third kappa shape index (κ3) is 2.51. The number of rotatable bonds is 2. The molecule has 3 saturated carbocycles. The molecule has 0 aromatic rings. The quantitative estimate of drug-likeness (QED) is 0.328. The summed E-state index contributed by atoms with van der Waals surface area (Å²) in [6, 6.07) is 0. The van der Waals surface area contributed by atoms with Gasteiger partial charge in [0.05, 0.1) is 12.2 Å². The molecule has 3 unspecified atom stereocenters. The standard InChI is InChI=1S/C24H32F2O5S/c1-4-5-19-30-18-10-13-14-9-16(25)15-8-12(27)6-7-21(15,2)23(14,26)17(28)11-22(13,3)24(18,31-19)20(29)32/h4-5,8,13-14,16-20,28-29,32H,6-7,9-11H2,1-3H3/b5-4+/t13?,14?,16-,17-,18+,19+,20?,21-,22-,23-,24-/m0/s1. The van der Waals surface area contributed by atoms with Crippen molar-refractivity contribution in [2.45, 2.75) is 94.3 Å². The SMILES string of the molecule is C/C=C/[C@@H]1O[C@@H]2CC3C4C[C@H](F)C5=CC(=O)CC[C@]5(C)[C@@]4(F)[C@@H](O)C[C@]3(C)[C@]2(C(O)S)O1. The minimum absolute atomic E-state index is 0.0263. The van der Waals surface area contributed by atoms with E-state index >= 15 is 8.78 Å². The van der Waals surface area contributed by atoms with Gasteiger partial charge < -0.3 is 19.7 Å². The summed E-state index contributed by atoms with van der Waals surface area (Å²) in [5, 5.41) is 22.2. The summed E-state index contributed by atoms with van der Waals surface area (Å²) in [4.78, 5) is 12.0. The van der Waals surface area contributed by atoms with Gasteiger partial charge in [-0.25, -0.2) is 8.78 Å². The van der Waals surface area contributed by atoms with Gasteiger partial charge in [-0.2, -0.15) is 0 Å². The number of carbonyl (C=O) groups is 1. The second-order valence-electron chi connectivity index (χ2n) is 10.8. The van der Waals surface area contributed by atoms with E-state index in [1.807, 2.05) is 13.8 Å². The molecule has 0 spiro atoms. The molecule has 178 valence electrons. The highest BCUT2D eigenvalue weighted by molar-refractivity contribution is 7.80. The van der Waals surface area contributed by atoms with Crippen LogP contribution in [-0.4, -0.2) is 57.4 Å². The smallest absolute Gasteiger partial charge is 0.178 e. The van der Waals surface area contributed by atoms with Gasteiger partial charge in [-0.3, -0.25) is 4.79 Å². The van der Waals surface area contributed by atoms with Crippen LogP contribution >= 0.6 is 12.6 Å². The minimum Gasteiger partial charge on any atom is -0.390 e. The molecule has 2 N–H and O–H groups in total. The predicted molar refractivity (Wildman–Crippen MR) is 116 cm³/mol. The molecule has 11 atom stereocenters. The first kappa shape index (κ1) is 23.0. The number of ether oxygens (including phenoxy) is 2. The molecule has 0 bridgehead atoms. The Kier molecular flexibility index (Phi) is 5.10. The largest absolute Gasteiger partial charge is 0.390 e. The molecule has 0 aromatic carbocycles. The van der Waals surface area contributed by atoms with Gasteiger partial charge in [-0.1, -0.05) is 19.9 Å². The van der Waals surface area contributed by atoms with Gasteiger partial charge in [0.2, 0.25) is 0 Å². The van der Waals surface area contributed by atoms with Crippen molar-refractivity contribution < 1.29 is 33.3 Å². The summed E-state index contributed by atoms with van der Waals surface area (Å²) in [6.45, 7) is 5.37. The summed E-state index contributed by atoms with van der Waals surface area (Å²) in [5.74, 6) is -1.38. The number of carbonyl (C=O) groups excluding carboxylic acids is 1. The van der Waals surface area contributed by atoms with Gasteiger partial charge >= 0.3 is 0 Å². The number of ketones is 1. The van der Waals surface area contributed by atoms with Gasteiger partial charge in [-0.05, 0) is 56.3 Å². The Morgan fingerprint density at radius 1 is 1.31 bits per heavy atom. The fourth-order valence-electron chi connectivity index (χ4n) is 8.08. The third-order valence-electron chi connectivity index (χ3n) is 9.60. The molecule has 1 heterocycles. The van der Waals surface area contributed by atoms with Crippen molar-refractivity contribution in [2.24, 2.45) is 22.7 Å². The summed E-state index contributed by atoms with van der Waals surface area (Å²) < 4.78 is 45.0. The van der Waals surface area contributed by atoms with Crippen molar-refractivity contribution in [1.29, 1.82) is 0 Å². The van der Waals surface area contributed by atoms with Crippen LogP contribution < -0.4 is 0 Å². The molecule has 0 radical (unpaired) electrons. The number of thiol groups is 1. The van der Waals surface area contributed by atoms with E-state index in [4.69, 9.17) is 9.47 Å². The molecular weight excluding hydrogens is 438 g/mol. The van der Waals surface area contributed by atoms with Gasteiger partial charge in [0.1, 0.15) is 22.9 Å². The molecular formula is C24H32F2O5S. The molecule has 4 fully saturated rings.